The number of carboxylic acids is 1. The SMILES string of the molecule is COC1(C)S[C@H]2C(N)C(=O)N2C1C(=O)O. The maximum Gasteiger partial charge on any atom is 0.330 e. The summed E-state index contributed by atoms with van der Waals surface area (Å²) >= 11 is 1.29. The normalized spacial score (nSPS) is 43.8. The molecule has 4 atom stereocenters. The quantitative estimate of drug-likeness (QED) is 0.596. The van der Waals surface area contributed by atoms with Crippen LogP contribution >= 0.6 is 11.8 Å². The Morgan fingerprint density at radius 3 is 2.80 bits per heavy atom. The van der Waals surface area contributed by atoms with Crippen molar-refractivity contribution < 1.29 is 19.4 Å². The smallest absolute Gasteiger partial charge is 0.330 e. The van der Waals surface area contributed by atoms with E-state index in [9.17, 15) is 9.59 Å². The second kappa shape index (κ2) is 3.10. The van der Waals surface area contributed by atoms with Crippen LogP contribution in [0.2, 0.25) is 0 Å². The number of carbonyl (C=O) groups excluding carboxylic acids is 1. The van der Waals surface area contributed by atoms with E-state index in [4.69, 9.17) is 15.6 Å². The number of aliphatic carboxylic acids is 1. The van der Waals surface area contributed by atoms with Crippen LogP contribution in [-0.4, -0.2) is 51.4 Å². The highest BCUT2D eigenvalue weighted by atomic mass is 32.2. The number of hydrogen-bond donors (Lipinski definition) is 2. The molecule has 2 aliphatic heterocycles. The molecule has 0 aromatic carbocycles. The largest absolute Gasteiger partial charge is 0.480 e. The minimum Gasteiger partial charge on any atom is -0.480 e. The molecular weight excluding hydrogens is 220 g/mol. The average molecular weight is 232 g/mol. The first-order valence-corrected chi connectivity index (χ1v) is 5.34. The van der Waals surface area contributed by atoms with Crippen LogP contribution < -0.4 is 5.73 Å². The number of carboxylic acid groups (broad SMARTS) is 1. The number of ether oxygens (including phenoxy) is 1. The molecule has 7 heteroatoms. The number of β-lactam (4-membered cyclic amide) rings is 1. The lowest BCUT2D eigenvalue weighted by Gasteiger charge is -2.41. The van der Waals surface area contributed by atoms with Crippen LogP contribution in [0.3, 0.4) is 0 Å². The van der Waals surface area contributed by atoms with E-state index in [1.807, 2.05) is 0 Å². The topological polar surface area (TPSA) is 92.9 Å². The van der Waals surface area contributed by atoms with Crippen LogP contribution in [0.25, 0.3) is 0 Å². The predicted molar refractivity (Wildman–Crippen MR) is 53.0 cm³/mol. The second-order valence-corrected chi connectivity index (χ2v) is 5.27. The maximum atomic E-state index is 11.4. The highest BCUT2D eigenvalue weighted by Gasteiger charge is 2.65. The van der Waals surface area contributed by atoms with Crippen LogP contribution in [0.4, 0.5) is 0 Å². The predicted octanol–water partition coefficient (Wildman–Crippen LogP) is -0.955. The molecule has 0 saturated carbocycles. The monoisotopic (exact) mass is 232 g/mol. The third-order valence-electron chi connectivity index (χ3n) is 2.89. The molecule has 0 radical (unpaired) electrons. The number of methoxy groups -OCH3 is 1. The summed E-state index contributed by atoms with van der Waals surface area (Å²) in [4.78, 5) is 22.9. The molecule has 84 valence electrons. The second-order valence-electron chi connectivity index (χ2n) is 3.74. The minimum atomic E-state index is -1.06. The third-order valence-corrected chi connectivity index (χ3v) is 4.51. The van der Waals surface area contributed by atoms with E-state index in [2.05, 4.69) is 0 Å². The maximum absolute atomic E-state index is 11.4. The van der Waals surface area contributed by atoms with Gasteiger partial charge < -0.3 is 20.5 Å². The standard InChI is InChI=1S/C8H12N2O4S/c1-8(14-2)4(7(12)13)10-5(11)3(9)6(10)15-8/h3-4,6H,9H2,1-2H3,(H,12,13)/t3?,4?,6-,8?/m0/s1. The van der Waals surface area contributed by atoms with Crippen molar-refractivity contribution >= 4 is 23.6 Å². The molecule has 2 rings (SSSR count). The average Bonchev–Trinajstić information content (AvgIpc) is 2.49. The molecule has 2 heterocycles. The van der Waals surface area contributed by atoms with Crippen LogP contribution in [0.1, 0.15) is 6.92 Å². The number of nitrogens with zero attached hydrogens (tertiary/aromatic N) is 1. The molecule has 0 aliphatic carbocycles. The van der Waals surface area contributed by atoms with Gasteiger partial charge in [0.05, 0.1) is 0 Å². The fourth-order valence-corrected chi connectivity index (χ4v) is 3.50. The highest BCUT2D eigenvalue weighted by molar-refractivity contribution is 8.01. The molecule has 1 amide bonds. The molecule has 15 heavy (non-hydrogen) atoms. The van der Waals surface area contributed by atoms with Crippen molar-refractivity contribution in [3.05, 3.63) is 0 Å². The Labute approximate surface area is 90.7 Å². The van der Waals surface area contributed by atoms with Gasteiger partial charge in [-0.25, -0.2) is 4.79 Å². The van der Waals surface area contributed by atoms with Crippen LogP contribution in [0, 0.1) is 0 Å². The van der Waals surface area contributed by atoms with Gasteiger partial charge in [0.1, 0.15) is 16.3 Å². The number of amides is 1. The minimum absolute atomic E-state index is 0.274. The van der Waals surface area contributed by atoms with E-state index in [-0.39, 0.29) is 11.3 Å². The molecular formula is C8H12N2O4S. The van der Waals surface area contributed by atoms with Crippen molar-refractivity contribution in [2.24, 2.45) is 5.73 Å². The van der Waals surface area contributed by atoms with Gasteiger partial charge in [0.15, 0.2) is 6.04 Å². The fourth-order valence-electron chi connectivity index (χ4n) is 1.97. The summed E-state index contributed by atoms with van der Waals surface area (Å²) in [6.07, 6.45) is 0. The number of carbonyl (C=O) groups is 2. The van der Waals surface area contributed by atoms with Crippen molar-refractivity contribution in [3.8, 4) is 0 Å². The lowest BCUT2D eigenvalue weighted by molar-refractivity contribution is -0.164. The summed E-state index contributed by atoms with van der Waals surface area (Å²) < 4.78 is 5.18. The molecule has 6 nitrogen and oxygen atoms in total. The summed E-state index contributed by atoms with van der Waals surface area (Å²) in [5, 5.41) is 8.80. The number of fused-ring (bicyclic) bond motifs is 1. The number of nitrogens with two attached hydrogens (primary N) is 1. The lowest BCUT2D eigenvalue weighted by Crippen LogP contribution is -2.68. The first kappa shape index (κ1) is 10.7. The van der Waals surface area contributed by atoms with Gasteiger partial charge in [0.2, 0.25) is 5.91 Å². The zero-order chi connectivity index (χ0) is 11.4. The summed E-state index contributed by atoms with van der Waals surface area (Å²) in [6, 6.07) is -1.56. The van der Waals surface area contributed by atoms with Crippen molar-refractivity contribution in [2.75, 3.05) is 7.11 Å². The van der Waals surface area contributed by atoms with Gasteiger partial charge in [-0.15, -0.1) is 0 Å². The van der Waals surface area contributed by atoms with Crippen molar-refractivity contribution in [1.82, 2.24) is 4.90 Å². The molecule has 3 N–H and O–H groups in total. The molecule has 0 bridgehead atoms. The summed E-state index contributed by atoms with van der Waals surface area (Å²) in [7, 11) is 1.44. The third kappa shape index (κ3) is 1.20. The molecule has 2 saturated heterocycles. The molecule has 0 spiro atoms. The van der Waals surface area contributed by atoms with Gasteiger partial charge in [-0.3, -0.25) is 4.79 Å². The summed E-state index contributed by atoms with van der Waals surface area (Å²) in [6.45, 7) is 1.66. The van der Waals surface area contributed by atoms with Gasteiger partial charge in [0.25, 0.3) is 0 Å². The van der Waals surface area contributed by atoms with Gasteiger partial charge in [-0.2, -0.15) is 0 Å². The van der Waals surface area contributed by atoms with Gasteiger partial charge in [-0.1, -0.05) is 11.8 Å². The zero-order valence-corrected chi connectivity index (χ0v) is 9.15. The van der Waals surface area contributed by atoms with E-state index in [0.717, 1.165) is 0 Å². The molecule has 3 unspecified atom stereocenters. The van der Waals surface area contributed by atoms with Gasteiger partial charge in [-0.05, 0) is 6.92 Å². The fraction of sp³-hybridized carbons (Fsp3) is 0.750. The highest BCUT2D eigenvalue weighted by Crippen LogP contribution is 2.50. The Morgan fingerprint density at radius 1 is 1.73 bits per heavy atom. The van der Waals surface area contributed by atoms with E-state index in [1.54, 1.807) is 6.92 Å². The molecule has 0 aromatic rings. The zero-order valence-electron chi connectivity index (χ0n) is 8.34. The molecule has 2 aliphatic rings. The van der Waals surface area contributed by atoms with E-state index < -0.39 is 23.0 Å². The van der Waals surface area contributed by atoms with E-state index in [1.165, 1.54) is 23.8 Å². The molecule has 2 fully saturated rings. The first-order valence-electron chi connectivity index (χ1n) is 4.46. The Kier molecular flexibility index (Phi) is 2.21. The first-order chi connectivity index (χ1) is 6.92. The van der Waals surface area contributed by atoms with Crippen molar-refractivity contribution in [2.45, 2.75) is 29.3 Å². The van der Waals surface area contributed by atoms with Crippen molar-refractivity contribution in [3.63, 3.8) is 0 Å². The summed E-state index contributed by atoms with van der Waals surface area (Å²) in [5.41, 5.74) is 5.58. The van der Waals surface area contributed by atoms with Crippen LogP contribution in [0.15, 0.2) is 0 Å². The Hall–Kier alpha value is -0.790. The van der Waals surface area contributed by atoms with Crippen molar-refractivity contribution in [1.29, 1.82) is 0 Å². The van der Waals surface area contributed by atoms with Gasteiger partial charge >= 0.3 is 5.97 Å². The number of rotatable bonds is 2. The van der Waals surface area contributed by atoms with Gasteiger partial charge in [0, 0.05) is 7.11 Å². The molecule has 0 aromatic heterocycles. The number of hydrogen-bond acceptors (Lipinski definition) is 5. The number of thioether (sulfide) groups is 1. The Balaban J connectivity index is 2.33. The van der Waals surface area contributed by atoms with E-state index in [0.29, 0.717) is 0 Å². The van der Waals surface area contributed by atoms with Crippen LogP contribution in [0.5, 0.6) is 0 Å². The Bertz CT molecular complexity index is 337. The lowest BCUT2D eigenvalue weighted by atomic mass is 10.0. The Morgan fingerprint density at radius 2 is 2.33 bits per heavy atom. The van der Waals surface area contributed by atoms with E-state index >= 15 is 0 Å². The summed E-state index contributed by atoms with van der Waals surface area (Å²) in [5.74, 6) is -1.38. The van der Waals surface area contributed by atoms with Crippen LogP contribution in [-0.2, 0) is 14.3 Å².